The highest BCUT2D eigenvalue weighted by Crippen LogP contribution is 2.50. The molecule has 0 aliphatic carbocycles. The van der Waals surface area contributed by atoms with Crippen molar-refractivity contribution in [1.29, 1.82) is 0 Å². The zero-order chi connectivity index (χ0) is 22.5. The summed E-state index contributed by atoms with van der Waals surface area (Å²) in [7, 11) is 0. The Morgan fingerprint density at radius 1 is 0.938 bits per heavy atom. The van der Waals surface area contributed by atoms with Crippen LogP contribution in [0.3, 0.4) is 0 Å². The van der Waals surface area contributed by atoms with Crippen molar-refractivity contribution in [3.8, 4) is 0 Å². The van der Waals surface area contributed by atoms with Crippen LogP contribution in [0, 0.1) is 11.8 Å². The summed E-state index contributed by atoms with van der Waals surface area (Å²) in [4.78, 5) is 40.4. The van der Waals surface area contributed by atoms with Crippen LogP contribution in [0.2, 0.25) is 0 Å². The summed E-state index contributed by atoms with van der Waals surface area (Å²) >= 11 is 0. The molecule has 2 aliphatic rings. The van der Waals surface area contributed by atoms with Gasteiger partial charge in [-0.2, -0.15) is 0 Å². The van der Waals surface area contributed by atoms with Crippen LogP contribution in [-0.4, -0.2) is 45.0 Å². The molecule has 3 N–H and O–H groups in total. The number of aliphatic carboxylic acids is 1. The first-order chi connectivity index (χ1) is 15.5. The van der Waals surface area contributed by atoms with E-state index in [1.54, 1.807) is 0 Å². The molecule has 162 valence electrons. The van der Waals surface area contributed by atoms with Gasteiger partial charge in [0.1, 0.15) is 0 Å². The number of carboxylic acid groups (broad SMARTS) is 1. The molecule has 2 heterocycles. The fraction of sp³-hybridized carbons (Fsp3) is 0.240. The number of amides is 2. The van der Waals surface area contributed by atoms with Crippen LogP contribution >= 0.6 is 0 Å². The van der Waals surface area contributed by atoms with Gasteiger partial charge in [-0.25, -0.2) is 0 Å². The molecule has 7 nitrogen and oxygen atoms in total. The van der Waals surface area contributed by atoms with Gasteiger partial charge >= 0.3 is 5.97 Å². The highest BCUT2D eigenvalue weighted by atomic mass is 16.4. The van der Waals surface area contributed by atoms with Crippen LogP contribution in [0.4, 0.5) is 0 Å². The number of nitrogens with zero attached hydrogens (tertiary/aromatic N) is 1. The summed E-state index contributed by atoms with van der Waals surface area (Å²) in [5, 5.41) is 25.0. The molecule has 3 aromatic carbocycles. The van der Waals surface area contributed by atoms with Gasteiger partial charge in [-0.1, -0.05) is 72.8 Å². The third-order valence-electron chi connectivity index (χ3n) is 6.72. The maximum atomic E-state index is 13.5. The van der Waals surface area contributed by atoms with Gasteiger partial charge < -0.3 is 10.2 Å². The molecule has 0 aromatic heterocycles. The molecule has 0 radical (unpaired) electrons. The smallest absolute Gasteiger partial charge is 0.327 e. The Morgan fingerprint density at radius 3 is 2.34 bits per heavy atom. The summed E-state index contributed by atoms with van der Waals surface area (Å²) in [6.07, 6.45) is 0. The van der Waals surface area contributed by atoms with Crippen LogP contribution in [0.25, 0.3) is 10.8 Å². The molecule has 0 saturated carbocycles. The molecule has 2 amide bonds. The highest BCUT2D eigenvalue weighted by Gasteiger charge is 2.68. The Kier molecular flexibility index (Phi) is 4.80. The first-order valence-corrected chi connectivity index (χ1v) is 10.5. The second kappa shape index (κ2) is 7.55. The predicted octanol–water partition coefficient (Wildman–Crippen LogP) is 2.10. The van der Waals surface area contributed by atoms with Crippen molar-refractivity contribution in [2.45, 2.75) is 18.1 Å². The van der Waals surface area contributed by atoms with E-state index in [2.05, 4.69) is 5.32 Å². The number of likely N-dealkylation sites (tertiary alicyclic amines) is 1. The average Bonchev–Trinajstić information content (AvgIpc) is 3.29. The number of aliphatic hydroxyl groups is 1. The van der Waals surface area contributed by atoms with Gasteiger partial charge in [0.2, 0.25) is 11.8 Å². The molecular weight excluding hydrogens is 408 g/mol. The van der Waals surface area contributed by atoms with Crippen molar-refractivity contribution in [2.75, 3.05) is 6.61 Å². The first-order valence-electron chi connectivity index (χ1n) is 10.5. The number of imide groups is 1. The number of aliphatic hydroxyl groups excluding tert-OH is 1. The molecule has 32 heavy (non-hydrogen) atoms. The molecule has 4 unspecified atom stereocenters. The minimum Gasteiger partial charge on any atom is -0.480 e. The predicted molar refractivity (Wildman–Crippen MR) is 116 cm³/mol. The summed E-state index contributed by atoms with van der Waals surface area (Å²) in [5.41, 5.74) is -0.434. The topological polar surface area (TPSA) is 107 Å². The molecule has 0 spiro atoms. The SMILES string of the molecule is O=C1C2C(c3cccc4ccccc34)NC(CO)(C(=O)O)C2C(=O)N1Cc1ccccc1. The lowest BCUT2D eigenvalue weighted by atomic mass is 9.79. The molecule has 0 bridgehead atoms. The lowest BCUT2D eigenvalue weighted by Gasteiger charge is -2.29. The first kappa shape index (κ1) is 20.4. The molecule has 5 rings (SSSR count). The van der Waals surface area contributed by atoms with Gasteiger partial charge in [-0.15, -0.1) is 0 Å². The van der Waals surface area contributed by atoms with Crippen molar-refractivity contribution < 1.29 is 24.6 Å². The number of carbonyl (C=O) groups excluding carboxylic acids is 2. The number of nitrogens with one attached hydrogen (secondary N) is 1. The van der Waals surface area contributed by atoms with Crippen LogP contribution in [-0.2, 0) is 20.9 Å². The zero-order valence-electron chi connectivity index (χ0n) is 17.1. The number of fused-ring (bicyclic) bond motifs is 2. The molecule has 2 saturated heterocycles. The Morgan fingerprint density at radius 2 is 1.62 bits per heavy atom. The Hall–Kier alpha value is -3.55. The van der Waals surface area contributed by atoms with Crippen LogP contribution in [0.5, 0.6) is 0 Å². The molecule has 2 aliphatic heterocycles. The summed E-state index contributed by atoms with van der Waals surface area (Å²) < 4.78 is 0. The van der Waals surface area contributed by atoms with Crippen molar-refractivity contribution in [2.24, 2.45) is 11.8 Å². The quantitative estimate of drug-likeness (QED) is 0.535. The second-order valence-electron chi connectivity index (χ2n) is 8.38. The summed E-state index contributed by atoms with van der Waals surface area (Å²) in [6.45, 7) is -0.738. The standard InChI is InChI=1S/C25H22N2O5/c28-14-25(24(31)32)20-19(22(29)27(23(20)30)13-15-7-2-1-3-8-15)21(26-25)18-12-6-10-16-9-4-5-11-17(16)18/h1-12,19-21,26,28H,13-14H2,(H,31,32). The van der Waals surface area contributed by atoms with E-state index in [-0.39, 0.29) is 6.54 Å². The molecule has 4 atom stereocenters. The minimum atomic E-state index is -1.94. The van der Waals surface area contributed by atoms with E-state index >= 15 is 0 Å². The maximum Gasteiger partial charge on any atom is 0.327 e. The lowest BCUT2D eigenvalue weighted by molar-refractivity contribution is -0.153. The van der Waals surface area contributed by atoms with Gasteiger partial charge in [-0.3, -0.25) is 24.6 Å². The van der Waals surface area contributed by atoms with Crippen LogP contribution in [0.15, 0.2) is 72.8 Å². The maximum absolute atomic E-state index is 13.5. The number of carboxylic acids is 1. The van der Waals surface area contributed by atoms with Gasteiger partial charge in [0.15, 0.2) is 5.54 Å². The fourth-order valence-electron chi connectivity index (χ4n) is 5.18. The number of rotatable bonds is 5. The Labute approximate surface area is 184 Å². The molecular formula is C25H22N2O5. The van der Waals surface area contributed by atoms with Gasteiger partial charge in [0.25, 0.3) is 0 Å². The number of hydrogen-bond donors (Lipinski definition) is 3. The lowest BCUT2D eigenvalue weighted by Crippen LogP contribution is -2.58. The third-order valence-corrected chi connectivity index (χ3v) is 6.72. The van der Waals surface area contributed by atoms with E-state index < -0.39 is 47.8 Å². The normalized spacial score (nSPS) is 27.2. The van der Waals surface area contributed by atoms with Crippen molar-refractivity contribution >= 4 is 28.6 Å². The average molecular weight is 430 g/mol. The number of benzene rings is 3. The van der Waals surface area contributed by atoms with Crippen molar-refractivity contribution in [3.63, 3.8) is 0 Å². The van der Waals surface area contributed by atoms with E-state index in [0.29, 0.717) is 0 Å². The summed E-state index contributed by atoms with van der Waals surface area (Å²) in [6, 6.07) is 21.6. The van der Waals surface area contributed by atoms with Crippen LogP contribution < -0.4 is 5.32 Å². The molecule has 2 fully saturated rings. The largest absolute Gasteiger partial charge is 0.480 e. The third kappa shape index (κ3) is 2.86. The van der Waals surface area contributed by atoms with E-state index in [1.165, 1.54) is 0 Å². The fourth-order valence-corrected chi connectivity index (χ4v) is 5.18. The van der Waals surface area contributed by atoms with Crippen LogP contribution in [0.1, 0.15) is 17.2 Å². The van der Waals surface area contributed by atoms with E-state index in [1.807, 2.05) is 72.8 Å². The highest BCUT2D eigenvalue weighted by molar-refractivity contribution is 6.09. The van der Waals surface area contributed by atoms with E-state index in [9.17, 15) is 24.6 Å². The zero-order valence-corrected chi connectivity index (χ0v) is 17.1. The second-order valence-corrected chi connectivity index (χ2v) is 8.38. The number of hydrogen-bond acceptors (Lipinski definition) is 5. The molecule has 7 heteroatoms. The minimum absolute atomic E-state index is 0.0644. The van der Waals surface area contributed by atoms with Crippen molar-refractivity contribution in [1.82, 2.24) is 10.2 Å². The Balaban J connectivity index is 1.63. The van der Waals surface area contributed by atoms with Crippen molar-refractivity contribution in [3.05, 3.63) is 83.9 Å². The van der Waals surface area contributed by atoms with Gasteiger partial charge in [0, 0.05) is 6.04 Å². The van der Waals surface area contributed by atoms with Gasteiger partial charge in [0.05, 0.1) is 25.0 Å². The molecule has 3 aromatic rings. The van der Waals surface area contributed by atoms with Gasteiger partial charge in [-0.05, 0) is 21.9 Å². The van der Waals surface area contributed by atoms with E-state index in [0.717, 1.165) is 26.8 Å². The van der Waals surface area contributed by atoms with E-state index in [4.69, 9.17) is 0 Å². The summed E-state index contributed by atoms with van der Waals surface area (Å²) in [5.74, 6) is -4.48. The number of carbonyl (C=O) groups is 3. The monoisotopic (exact) mass is 430 g/mol. The Bertz CT molecular complexity index is 1220.